The molecule has 0 aliphatic heterocycles. The molecule has 0 bridgehead atoms. The lowest BCUT2D eigenvalue weighted by molar-refractivity contribution is 0.103. The third kappa shape index (κ3) is 2.30. The molecule has 1 aromatic carbocycles. The number of carbonyl (C=O) groups excluding carboxylic acids is 1. The standard InChI is InChI=1S/C13H10FNO2/c1-17-10-4-2-9(3-5-10)13(16)11-6-7-15-8-12(11)14/h2-8H,1H3. The fraction of sp³-hybridized carbons (Fsp3) is 0.0769. The number of hydrogen-bond acceptors (Lipinski definition) is 3. The minimum absolute atomic E-state index is 0.0187. The van der Waals surface area contributed by atoms with Gasteiger partial charge in [-0.15, -0.1) is 0 Å². The highest BCUT2D eigenvalue weighted by Gasteiger charge is 2.13. The first kappa shape index (κ1) is 11.3. The number of pyridine rings is 1. The quantitative estimate of drug-likeness (QED) is 0.762. The summed E-state index contributed by atoms with van der Waals surface area (Å²) in [5.41, 5.74) is 0.432. The van der Waals surface area contributed by atoms with E-state index in [-0.39, 0.29) is 11.3 Å². The Labute approximate surface area is 97.9 Å². The molecular formula is C13H10FNO2. The molecule has 0 unspecified atom stereocenters. The first-order valence-electron chi connectivity index (χ1n) is 5.00. The normalized spacial score (nSPS) is 10.0. The Balaban J connectivity index is 2.34. The van der Waals surface area contributed by atoms with Crippen LogP contribution in [0.3, 0.4) is 0 Å². The van der Waals surface area contributed by atoms with E-state index in [9.17, 15) is 9.18 Å². The third-order valence-corrected chi connectivity index (χ3v) is 2.37. The number of ether oxygens (including phenoxy) is 1. The average molecular weight is 231 g/mol. The Morgan fingerprint density at radius 1 is 1.24 bits per heavy atom. The van der Waals surface area contributed by atoms with Gasteiger partial charge in [0.2, 0.25) is 0 Å². The average Bonchev–Trinajstić information content (AvgIpc) is 2.39. The third-order valence-electron chi connectivity index (χ3n) is 2.37. The largest absolute Gasteiger partial charge is 0.497 e. The molecule has 1 aromatic heterocycles. The molecule has 4 heteroatoms. The van der Waals surface area contributed by atoms with Crippen LogP contribution >= 0.6 is 0 Å². The Morgan fingerprint density at radius 2 is 1.94 bits per heavy atom. The van der Waals surface area contributed by atoms with Gasteiger partial charge in [0.05, 0.1) is 18.9 Å². The number of nitrogens with zero attached hydrogens (tertiary/aromatic N) is 1. The van der Waals surface area contributed by atoms with E-state index in [2.05, 4.69) is 4.98 Å². The van der Waals surface area contributed by atoms with Gasteiger partial charge in [-0.05, 0) is 30.3 Å². The summed E-state index contributed by atoms with van der Waals surface area (Å²) < 4.78 is 18.3. The molecule has 0 spiro atoms. The maximum Gasteiger partial charge on any atom is 0.196 e. The van der Waals surface area contributed by atoms with Crippen molar-refractivity contribution < 1.29 is 13.9 Å². The van der Waals surface area contributed by atoms with Crippen LogP contribution in [0.5, 0.6) is 5.75 Å². The number of carbonyl (C=O) groups is 1. The number of rotatable bonds is 3. The molecule has 17 heavy (non-hydrogen) atoms. The van der Waals surface area contributed by atoms with Crippen molar-refractivity contribution in [3.05, 3.63) is 59.7 Å². The first-order chi connectivity index (χ1) is 8.22. The van der Waals surface area contributed by atoms with Gasteiger partial charge in [0.1, 0.15) is 5.75 Å². The zero-order chi connectivity index (χ0) is 12.3. The zero-order valence-electron chi connectivity index (χ0n) is 9.18. The summed E-state index contributed by atoms with van der Waals surface area (Å²) in [6.45, 7) is 0. The Bertz CT molecular complexity index is 537. The van der Waals surface area contributed by atoms with E-state index in [1.165, 1.54) is 12.3 Å². The van der Waals surface area contributed by atoms with E-state index in [1.54, 1.807) is 31.4 Å². The molecule has 2 rings (SSSR count). The zero-order valence-corrected chi connectivity index (χ0v) is 9.18. The van der Waals surface area contributed by atoms with Crippen molar-refractivity contribution in [1.82, 2.24) is 4.98 Å². The van der Waals surface area contributed by atoms with Gasteiger partial charge in [0.15, 0.2) is 11.6 Å². The molecular weight excluding hydrogens is 221 g/mol. The second-order valence-corrected chi connectivity index (χ2v) is 3.41. The smallest absolute Gasteiger partial charge is 0.196 e. The van der Waals surface area contributed by atoms with Gasteiger partial charge in [-0.3, -0.25) is 9.78 Å². The predicted octanol–water partition coefficient (Wildman–Crippen LogP) is 2.46. The molecule has 86 valence electrons. The Hall–Kier alpha value is -2.23. The SMILES string of the molecule is COc1ccc(C(=O)c2ccncc2F)cc1. The van der Waals surface area contributed by atoms with Crippen LogP contribution in [0, 0.1) is 5.82 Å². The number of ketones is 1. The predicted molar refractivity (Wildman–Crippen MR) is 60.6 cm³/mol. The Kier molecular flexibility index (Phi) is 3.14. The summed E-state index contributed by atoms with van der Waals surface area (Å²) in [7, 11) is 1.54. The van der Waals surface area contributed by atoms with Crippen LogP contribution in [0.25, 0.3) is 0 Å². The van der Waals surface area contributed by atoms with Gasteiger partial charge in [0, 0.05) is 11.8 Å². The molecule has 2 aromatic rings. The van der Waals surface area contributed by atoms with Gasteiger partial charge in [-0.1, -0.05) is 0 Å². The van der Waals surface area contributed by atoms with Crippen molar-refractivity contribution in [3.63, 3.8) is 0 Å². The summed E-state index contributed by atoms with van der Waals surface area (Å²) in [6.07, 6.45) is 2.41. The summed E-state index contributed by atoms with van der Waals surface area (Å²) in [5, 5.41) is 0. The Morgan fingerprint density at radius 3 is 2.53 bits per heavy atom. The van der Waals surface area contributed by atoms with Gasteiger partial charge in [-0.25, -0.2) is 4.39 Å². The molecule has 1 heterocycles. The van der Waals surface area contributed by atoms with Crippen molar-refractivity contribution in [2.24, 2.45) is 0 Å². The topological polar surface area (TPSA) is 39.2 Å². The number of halogens is 1. The van der Waals surface area contributed by atoms with Crippen molar-refractivity contribution in [2.75, 3.05) is 7.11 Å². The minimum Gasteiger partial charge on any atom is -0.497 e. The highest BCUT2D eigenvalue weighted by molar-refractivity contribution is 6.09. The van der Waals surface area contributed by atoms with Gasteiger partial charge >= 0.3 is 0 Å². The molecule has 0 atom stereocenters. The van der Waals surface area contributed by atoms with Crippen molar-refractivity contribution in [2.45, 2.75) is 0 Å². The molecule has 0 N–H and O–H groups in total. The number of benzene rings is 1. The van der Waals surface area contributed by atoms with Crippen molar-refractivity contribution in [3.8, 4) is 5.75 Å². The minimum atomic E-state index is -0.617. The van der Waals surface area contributed by atoms with Crippen molar-refractivity contribution in [1.29, 1.82) is 0 Å². The van der Waals surface area contributed by atoms with Crippen molar-refractivity contribution >= 4 is 5.78 Å². The fourth-order valence-electron chi connectivity index (χ4n) is 1.46. The second-order valence-electron chi connectivity index (χ2n) is 3.41. The van der Waals surface area contributed by atoms with E-state index in [4.69, 9.17) is 4.74 Å². The maximum atomic E-state index is 13.4. The monoisotopic (exact) mass is 231 g/mol. The molecule has 0 fully saturated rings. The lowest BCUT2D eigenvalue weighted by Gasteiger charge is -2.03. The van der Waals surface area contributed by atoms with Crippen LogP contribution in [-0.2, 0) is 0 Å². The molecule has 0 saturated carbocycles. The molecule has 3 nitrogen and oxygen atoms in total. The van der Waals surface area contributed by atoms with Crippen LogP contribution in [0.4, 0.5) is 4.39 Å². The van der Waals surface area contributed by atoms with E-state index in [1.807, 2.05) is 0 Å². The second kappa shape index (κ2) is 4.74. The van der Waals surface area contributed by atoms with E-state index < -0.39 is 5.82 Å². The fourth-order valence-corrected chi connectivity index (χ4v) is 1.46. The van der Waals surface area contributed by atoms with E-state index in [0.717, 1.165) is 6.20 Å². The van der Waals surface area contributed by atoms with Gasteiger partial charge in [-0.2, -0.15) is 0 Å². The highest BCUT2D eigenvalue weighted by Crippen LogP contribution is 2.16. The summed E-state index contributed by atoms with van der Waals surface area (Å²) in [6, 6.07) is 7.88. The summed E-state index contributed by atoms with van der Waals surface area (Å²) in [5.74, 6) is -0.336. The summed E-state index contributed by atoms with van der Waals surface area (Å²) in [4.78, 5) is 15.6. The van der Waals surface area contributed by atoms with E-state index >= 15 is 0 Å². The first-order valence-corrected chi connectivity index (χ1v) is 5.00. The molecule has 0 amide bonds. The molecule has 0 saturated heterocycles. The number of methoxy groups -OCH3 is 1. The van der Waals surface area contributed by atoms with Crippen LogP contribution < -0.4 is 4.74 Å². The van der Waals surface area contributed by atoms with Gasteiger partial charge < -0.3 is 4.74 Å². The molecule has 0 aliphatic carbocycles. The highest BCUT2D eigenvalue weighted by atomic mass is 19.1. The van der Waals surface area contributed by atoms with Crippen LogP contribution in [0.1, 0.15) is 15.9 Å². The van der Waals surface area contributed by atoms with Crippen LogP contribution in [-0.4, -0.2) is 17.9 Å². The van der Waals surface area contributed by atoms with Gasteiger partial charge in [0.25, 0.3) is 0 Å². The lowest BCUT2D eigenvalue weighted by Crippen LogP contribution is -2.04. The number of hydrogen-bond donors (Lipinski definition) is 0. The molecule has 0 aliphatic rings. The maximum absolute atomic E-state index is 13.4. The van der Waals surface area contributed by atoms with E-state index in [0.29, 0.717) is 11.3 Å². The summed E-state index contributed by atoms with van der Waals surface area (Å²) >= 11 is 0. The number of aromatic nitrogens is 1. The van der Waals surface area contributed by atoms with Crippen LogP contribution in [0.2, 0.25) is 0 Å². The molecule has 0 radical (unpaired) electrons. The van der Waals surface area contributed by atoms with Crippen LogP contribution in [0.15, 0.2) is 42.7 Å². The lowest BCUT2D eigenvalue weighted by atomic mass is 10.0.